The minimum absolute atomic E-state index is 0.0712. The number of carbonyl (C=O) groups excluding carboxylic acids is 1. The van der Waals surface area contributed by atoms with Gasteiger partial charge in [-0.25, -0.2) is 9.78 Å². The van der Waals surface area contributed by atoms with Crippen LogP contribution in [0.2, 0.25) is 0 Å². The number of aromatic nitrogens is 1. The van der Waals surface area contributed by atoms with Crippen LogP contribution in [-0.2, 0) is 4.79 Å². The predicted octanol–water partition coefficient (Wildman–Crippen LogP) is 2.70. The lowest BCUT2D eigenvalue weighted by Crippen LogP contribution is -2.51. The monoisotopic (exact) mass is 349 g/mol. The number of rotatable bonds is 6. The molecule has 0 radical (unpaired) electrons. The predicted molar refractivity (Wildman–Crippen MR) is 88.0 cm³/mol. The van der Waals surface area contributed by atoms with Gasteiger partial charge in [0.2, 0.25) is 0 Å². The number of hydrogen-bond donors (Lipinski definition) is 2. The summed E-state index contributed by atoms with van der Waals surface area (Å²) in [6.07, 6.45) is 0.218. The van der Waals surface area contributed by atoms with Crippen molar-refractivity contribution < 1.29 is 19.6 Å². The van der Waals surface area contributed by atoms with Crippen molar-refractivity contribution in [3.63, 3.8) is 0 Å². The maximum absolute atomic E-state index is 12.2. The van der Waals surface area contributed by atoms with Crippen molar-refractivity contribution >= 4 is 28.9 Å². The molecule has 0 aliphatic carbocycles. The lowest BCUT2D eigenvalue weighted by atomic mass is 9.99. The molecule has 1 heterocycles. The van der Waals surface area contributed by atoms with E-state index in [1.54, 1.807) is 13.0 Å². The van der Waals surface area contributed by atoms with E-state index in [4.69, 9.17) is 0 Å². The van der Waals surface area contributed by atoms with E-state index in [-0.39, 0.29) is 17.8 Å². The maximum atomic E-state index is 12.2. The second-order valence-corrected chi connectivity index (χ2v) is 6.15. The van der Waals surface area contributed by atoms with Gasteiger partial charge in [-0.1, -0.05) is 19.1 Å². The Morgan fingerprint density at radius 2 is 2.17 bits per heavy atom. The Hall–Kier alpha value is -2.81. The molecule has 2 rings (SSSR count). The highest BCUT2D eigenvalue weighted by Gasteiger charge is 2.33. The molecule has 24 heavy (non-hydrogen) atoms. The second-order valence-electron chi connectivity index (χ2n) is 5.29. The van der Waals surface area contributed by atoms with Crippen LogP contribution in [-0.4, -0.2) is 32.4 Å². The zero-order chi connectivity index (χ0) is 17.9. The number of carboxylic acids is 1. The minimum Gasteiger partial charge on any atom is -0.480 e. The Balaban J connectivity index is 2.24. The fraction of sp³-hybridized carbons (Fsp3) is 0.267. The number of amides is 1. The molecule has 0 aliphatic rings. The van der Waals surface area contributed by atoms with Gasteiger partial charge in [-0.15, -0.1) is 11.3 Å². The highest BCUT2D eigenvalue weighted by molar-refractivity contribution is 7.13. The molecule has 1 amide bonds. The van der Waals surface area contributed by atoms with Gasteiger partial charge in [-0.2, -0.15) is 0 Å². The largest absolute Gasteiger partial charge is 0.480 e. The SMILES string of the molecule is CCC(C)(NC(=O)c1csc(-c2cccc([N+](=O)[O-])c2)n1)C(=O)O. The Kier molecular flexibility index (Phi) is 4.93. The van der Waals surface area contributed by atoms with Gasteiger partial charge in [-0.3, -0.25) is 14.9 Å². The third-order valence-electron chi connectivity index (χ3n) is 3.61. The summed E-state index contributed by atoms with van der Waals surface area (Å²) in [6.45, 7) is 3.07. The molecule has 0 spiro atoms. The highest BCUT2D eigenvalue weighted by Crippen LogP contribution is 2.27. The fourth-order valence-corrected chi connectivity index (χ4v) is 2.67. The van der Waals surface area contributed by atoms with E-state index in [0.717, 1.165) is 11.3 Å². The summed E-state index contributed by atoms with van der Waals surface area (Å²) in [6, 6.07) is 5.92. The van der Waals surface area contributed by atoms with Crippen molar-refractivity contribution in [1.82, 2.24) is 10.3 Å². The first-order valence-corrected chi connectivity index (χ1v) is 7.91. The van der Waals surface area contributed by atoms with Crippen LogP contribution in [0.5, 0.6) is 0 Å². The van der Waals surface area contributed by atoms with Gasteiger partial charge in [0, 0.05) is 23.1 Å². The van der Waals surface area contributed by atoms with E-state index in [9.17, 15) is 24.8 Å². The summed E-state index contributed by atoms with van der Waals surface area (Å²) in [5.74, 6) is -1.73. The van der Waals surface area contributed by atoms with E-state index in [0.29, 0.717) is 10.6 Å². The van der Waals surface area contributed by atoms with Gasteiger partial charge in [0.25, 0.3) is 11.6 Å². The van der Waals surface area contributed by atoms with Crippen LogP contribution in [0.25, 0.3) is 10.6 Å². The zero-order valence-electron chi connectivity index (χ0n) is 13.0. The molecule has 1 atom stereocenters. The molecule has 126 valence electrons. The Morgan fingerprint density at radius 1 is 1.46 bits per heavy atom. The fourth-order valence-electron chi connectivity index (χ4n) is 1.87. The first-order chi connectivity index (χ1) is 11.3. The lowest BCUT2D eigenvalue weighted by molar-refractivity contribution is -0.384. The van der Waals surface area contributed by atoms with E-state index in [1.807, 2.05) is 0 Å². The first-order valence-electron chi connectivity index (χ1n) is 7.03. The normalized spacial score (nSPS) is 13.1. The average Bonchev–Trinajstić information content (AvgIpc) is 3.04. The summed E-state index contributed by atoms with van der Waals surface area (Å²) < 4.78 is 0. The third-order valence-corrected chi connectivity index (χ3v) is 4.50. The number of aliphatic carboxylic acids is 1. The smallest absolute Gasteiger partial charge is 0.329 e. The molecular formula is C15H15N3O5S. The number of hydrogen-bond acceptors (Lipinski definition) is 6. The summed E-state index contributed by atoms with van der Waals surface area (Å²) >= 11 is 1.15. The van der Waals surface area contributed by atoms with Crippen molar-refractivity contribution in [1.29, 1.82) is 0 Å². The van der Waals surface area contributed by atoms with Crippen LogP contribution in [0.4, 0.5) is 5.69 Å². The summed E-state index contributed by atoms with van der Waals surface area (Å²) in [4.78, 5) is 37.9. The number of nitrogens with zero attached hydrogens (tertiary/aromatic N) is 2. The number of non-ortho nitro benzene ring substituents is 1. The molecule has 0 saturated carbocycles. The molecular weight excluding hydrogens is 334 g/mol. The molecule has 0 fully saturated rings. The Morgan fingerprint density at radius 3 is 2.75 bits per heavy atom. The van der Waals surface area contributed by atoms with E-state index >= 15 is 0 Å². The van der Waals surface area contributed by atoms with Crippen molar-refractivity contribution in [2.45, 2.75) is 25.8 Å². The molecule has 1 unspecified atom stereocenters. The van der Waals surface area contributed by atoms with Crippen molar-refractivity contribution in [2.24, 2.45) is 0 Å². The van der Waals surface area contributed by atoms with Crippen LogP contribution < -0.4 is 5.32 Å². The lowest BCUT2D eigenvalue weighted by Gasteiger charge is -2.23. The van der Waals surface area contributed by atoms with Gasteiger partial charge < -0.3 is 10.4 Å². The topological polar surface area (TPSA) is 122 Å². The number of nitro groups is 1. The Bertz CT molecular complexity index is 804. The number of carbonyl (C=O) groups is 2. The van der Waals surface area contributed by atoms with Gasteiger partial charge in [0.15, 0.2) is 0 Å². The van der Waals surface area contributed by atoms with Gasteiger partial charge >= 0.3 is 5.97 Å². The zero-order valence-corrected chi connectivity index (χ0v) is 13.8. The number of thiazole rings is 1. The quantitative estimate of drug-likeness (QED) is 0.610. The molecule has 9 heteroatoms. The molecule has 1 aromatic heterocycles. The van der Waals surface area contributed by atoms with Crippen LogP contribution in [0, 0.1) is 10.1 Å². The molecule has 0 aliphatic heterocycles. The molecule has 2 aromatic rings. The van der Waals surface area contributed by atoms with Crippen molar-refractivity contribution in [2.75, 3.05) is 0 Å². The summed E-state index contributed by atoms with van der Waals surface area (Å²) in [5, 5.41) is 24.4. The van der Waals surface area contributed by atoms with Crippen LogP contribution in [0.1, 0.15) is 30.8 Å². The van der Waals surface area contributed by atoms with Crippen LogP contribution in [0.15, 0.2) is 29.6 Å². The molecule has 1 aromatic carbocycles. The average molecular weight is 349 g/mol. The molecule has 8 nitrogen and oxygen atoms in total. The summed E-state index contributed by atoms with van der Waals surface area (Å²) in [5.41, 5.74) is -0.864. The van der Waals surface area contributed by atoms with E-state index in [2.05, 4.69) is 10.3 Å². The number of nitro benzene ring substituents is 1. The van der Waals surface area contributed by atoms with Crippen molar-refractivity contribution in [3.05, 3.63) is 45.5 Å². The second kappa shape index (κ2) is 6.75. The molecule has 0 bridgehead atoms. The molecule has 2 N–H and O–H groups in total. The van der Waals surface area contributed by atoms with Gasteiger partial charge in [-0.05, 0) is 13.3 Å². The van der Waals surface area contributed by atoms with Gasteiger partial charge in [0.05, 0.1) is 4.92 Å². The van der Waals surface area contributed by atoms with Gasteiger partial charge in [0.1, 0.15) is 16.2 Å². The molecule has 0 saturated heterocycles. The minimum atomic E-state index is -1.38. The van der Waals surface area contributed by atoms with Crippen molar-refractivity contribution in [3.8, 4) is 10.6 Å². The first kappa shape index (κ1) is 17.5. The number of nitrogens with one attached hydrogen (secondary N) is 1. The number of benzene rings is 1. The Labute approximate surface area is 141 Å². The highest BCUT2D eigenvalue weighted by atomic mass is 32.1. The summed E-state index contributed by atoms with van der Waals surface area (Å²) in [7, 11) is 0. The van der Waals surface area contributed by atoms with Crippen LogP contribution in [0.3, 0.4) is 0 Å². The van der Waals surface area contributed by atoms with E-state index in [1.165, 1.54) is 30.5 Å². The maximum Gasteiger partial charge on any atom is 0.329 e. The third kappa shape index (κ3) is 3.57. The van der Waals surface area contributed by atoms with E-state index < -0.39 is 22.3 Å². The standard InChI is InChI=1S/C15H15N3O5S/c1-3-15(2,14(20)21)17-12(19)11-8-24-13(16-11)9-5-4-6-10(7-9)18(22)23/h4-8H,3H2,1-2H3,(H,17,19)(H,20,21). The number of carboxylic acid groups (broad SMARTS) is 1. The van der Waals surface area contributed by atoms with Crippen LogP contribution >= 0.6 is 11.3 Å².